The van der Waals surface area contributed by atoms with Gasteiger partial charge in [-0.3, -0.25) is 4.90 Å². The van der Waals surface area contributed by atoms with Gasteiger partial charge >= 0.3 is 0 Å². The Morgan fingerprint density at radius 3 is 2.82 bits per heavy atom. The lowest BCUT2D eigenvalue weighted by atomic mass is 9.95. The molecule has 1 aromatic rings. The first-order chi connectivity index (χ1) is 8.06. The SMILES string of the molecule is CC(C)C1CCN(Cc2ccc(Cl)c(N)c2)C1. The molecule has 0 radical (unpaired) electrons. The standard InChI is InChI=1S/C14H21ClN2/c1-10(2)12-5-6-17(9-12)8-11-3-4-13(15)14(16)7-11/h3-4,7,10,12H,5-6,8-9,16H2,1-2H3. The third-order valence-electron chi connectivity index (χ3n) is 3.72. The fourth-order valence-electron chi connectivity index (χ4n) is 2.50. The van der Waals surface area contributed by atoms with Crippen LogP contribution in [0.5, 0.6) is 0 Å². The van der Waals surface area contributed by atoms with Crippen LogP contribution >= 0.6 is 11.6 Å². The number of nitrogen functional groups attached to an aromatic ring is 1. The van der Waals surface area contributed by atoms with Gasteiger partial charge in [0.15, 0.2) is 0 Å². The molecular weight excluding hydrogens is 232 g/mol. The van der Waals surface area contributed by atoms with E-state index in [-0.39, 0.29) is 0 Å². The van der Waals surface area contributed by atoms with Crippen LogP contribution in [0.25, 0.3) is 0 Å². The number of halogens is 1. The summed E-state index contributed by atoms with van der Waals surface area (Å²) in [5.41, 5.74) is 7.76. The van der Waals surface area contributed by atoms with Crippen LogP contribution in [-0.2, 0) is 6.54 Å². The highest BCUT2D eigenvalue weighted by atomic mass is 35.5. The molecule has 2 nitrogen and oxygen atoms in total. The van der Waals surface area contributed by atoms with Crippen molar-refractivity contribution in [3.05, 3.63) is 28.8 Å². The van der Waals surface area contributed by atoms with Crippen LogP contribution in [0.1, 0.15) is 25.8 Å². The maximum absolute atomic E-state index is 5.92. The van der Waals surface area contributed by atoms with Crippen LogP contribution in [-0.4, -0.2) is 18.0 Å². The molecule has 1 saturated heterocycles. The molecule has 2 rings (SSSR count). The van der Waals surface area contributed by atoms with E-state index in [1.807, 2.05) is 12.1 Å². The first kappa shape index (κ1) is 12.7. The molecule has 1 fully saturated rings. The van der Waals surface area contributed by atoms with E-state index >= 15 is 0 Å². The summed E-state index contributed by atoms with van der Waals surface area (Å²) in [5, 5.41) is 0.648. The third kappa shape index (κ3) is 3.14. The summed E-state index contributed by atoms with van der Waals surface area (Å²) >= 11 is 5.92. The number of anilines is 1. The second-order valence-corrected chi connectivity index (χ2v) is 5.79. The minimum absolute atomic E-state index is 0.648. The molecule has 1 atom stereocenters. The van der Waals surface area contributed by atoms with Gasteiger partial charge < -0.3 is 5.73 Å². The van der Waals surface area contributed by atoms with Gasteiger partial charge in [0.1, 0.15) is 0 Å². The third-order valence-corrected chi connectivity index (χ3v) is 4.06. The van der Waals surface area contributed by atoms with E-state index < -0.39 is 0 Å². The zero-order valence-electron chi connectivity index (χ0n) is 10.6. The van der Waals surface area contributed by atoms with Gasteiger partial charge in [0.05, 0.1) is 10.7 Å². The van der Waals surface area contributed by atoms with E-state index in [4.69, 9.17) is 17.3 Å². The molecule has 1 heterocycles. The maximum atomic E-state index is 5.92. The van der Waals surface area contributed by atoms with Crippen molar-refractivity contribution in [2.45, 2.75) is 26.8 Å². The average molecular weight is 253 g/mol. The van der Waals surface area contributed by atoms with E-state index in [2.05, 4.69) is 24.8 Å². The molecule has 1 unspecified atom stereocenters. The van der Waals surface area contributed by atoms with Gasteiger partial charge in [-0.05, 0) is 42.5 Å². The highest BCUT2D eigenvalue weighted by Gasteiger charge is 2.24. The largest absolute Gasteiger partial charge is 0.398 e. The lowest BCUT2D eigenvalue weighted by Gasteiger charge is -2.18. The lowest BCUT2D eigenvalue weighted by molar-refractivity contribution is 0.297. The Hall–Kier alpha value is -0.730. The monoisotopic (exact) mass is 252 g/mol. The first-order valence-corrected chi connectivity index (χ1v) is 6.70. The Labute approximate surface area is 109 Å². The minimum atomic E-state index is 0.648. The molecule has 0 bridgehead atoms. The van der Waals surface area contributed by atoms with Gasteiger partial charge in [0.2, 0.25) is 0 Å². The fourth-order valence-corrected chi connectivity index (χ4v) is 2.62. The van der Waals surface area contributed by atoms with Crippen LogP contribution in [0.4, 0.5) is 5.69 Å². The summed E-state index contributed by atoms with van der Waals surface area (Å²) in [7, 11) is 0. The molecule has 0 amide bonds. The van der Waals surface area contributed by atoms with E-state index in [1.165, 1.54) is 25.1 Å². The first-order valence-electron chi connectivity index (χ1n) is 6.32. The molecule has 94 valence electrons. The van der Waals surface area contributed by atoms with Crippen molar-refractivity contribution in [3.63, 3.8) is 0 Å². The van der Waals surface area contributed by atoms with Gasteiger partial charge in [0.25, 0.3) is 0 Å². The second kappa shape index (κ2) is 5.28. The highest BCUT2D eigenvalue weighted by molar-refractivity contribution is 6.33. The normalized spacial score (nSPS) is 21.3. The molecule has 17 heavy (non-hydrogen) atoms. The summed E-state index contributed by atoms with van der Waals surface area (Å²) in [5.74, 6) is 1.63. The Morgan fingerprint density at radius 1 is 1.47 bits per heavy atom. The van der Waals surface area contributed by atoms with Crippen LogP contribution in [0, 0.1) is 11.8 Å². The molecule has 1 aliphatic heterocycles. The van der Waals surface area contributed by atoms with Gasteiger partial charge in [-0.25, -0.2) is 0 Å². The van der Waals surface area contributed by atoms with Crippen molar-refractivity contribution < 1.29 is 0 Å². The van der Waals surface area contributed by atoms with E-state index in [1.54, 1.807) is 0 Å². The minimum Gasteiger partial charge on any atom is -0.398 e. The van der Waals surface area contributed by atoms with Crippen LogP contribution in [0.3, 0.4) is 0 Å². The summed E-state index contributed by atoms with van der Waals surface area (Å²) in [6.07, 6.45) is 1.32. The van der Waals surface area contributed by atoms with Crippen molar-refractivity contribution in [1.82, 2.24) is 4.90 Å². The molecule has 0 saturated carbocycles. The summed E-state index contributed by atoms with van der Waals surface area (Å²) in [6.45, 7) is 8.03. The molecule has 1 aromatic carbocycles. The summed E-state index contributed by atoms with van der Waals surface area (Å²) < 4.78 is 0. The second-order valence-electron chi connectivity index (χ2n) is 5.38. The molecule has 1 aliphatic rings. The van der Waals surface area contributed by atoms with Crippen LogP contribution in [0.15, 0.2) is 18.2 Å². The average Bonchev–Trinajstić information content (AvgIpc) is 2.72. The van der Waals surface area contributed by atoms with Crippen molar-refractivity contribution >= 4 is 17.3 Å². The van der Waals surface area contributed by atoms with Crippen LogP contribution < -0.4 is 5.73 Å². The van der Waals surface area contributed by atoms with Crippen molar-refractivity contribution in [1.29, 1.82) is 0 Å². The maximum Gasteiger partial charge on any atom is 0.0635 e. The van der Waals surface area contributed by atoms with E-state index in [9.17, 15) is 0 Å². The van der Waals surface area contributed by atoms with Crippen molar-refractivity contribution in [3.8, 4) is 0 Å². The number of nitrogens with two attached hydrogens (primary N) is 1. The Kier molecular flexibility index (Phi) is 3.95. The number of hydrogen-bond donors (Lipinski definition) is 1. The predicted molar refractivity (Wildman–Crippen MR) is 74.1 cm³/mol. The Bertz CT molecular complexity index is 390. The molecule has 3 heteroatoms. The van der Waals surface area contributed by atoms with E-state index in [0.29, 0.717) is 10.7 Å². The zero-order valence-corrected chi connectivity index (χ0v) is 11.4. The molecule has 0 aromatic heterocycles. The van der Waals surface area contributed by atoms with Gasteiger partial charge in [0, 0.05) is 13.1 Å². The number of rotatable bonds is 3. The molecule has 0 aliphatic carbocycles. The molecular formula is C14H21ClN2. The number of nitrogens with zero attached hydrogens (tertiary/aromatic N) is 1. The van der Waals surface area contributed by atoms with Gasteiger partial charge in [-0.15, -0.1) is 0 Å². The topological polar surface area (TPSA) is 29.3 Å². The number of hydrogen-bond acceptors (Lipinski definition) is 2. The summed E-state index contributed by atoms with van der Waals surface area (Å²) in [4.78, 5) is 2.51. The Balaban J connectivity index is 1.96. The van der Waals surface area contributed by atoms with E-state index in [0.717, 1.165) is 18.4 Å². The lowest BCUT2D eigenvalue weighted by Crippen LogP contribution is -2.21. The molecule has 0 spiro atoms. The quantitative estimate of drug-likeness (QED) is 0.836. The number of likely N-dealkylation sites (tertiary alicyclic amines) is 1. The predicted octanol–water partition coefficient (Wildman–Crippen LogP) is 3.40. The smallest absolute Gasteiger partial charge is 0.0635 e. The van der Waals surface area contributed by atoms with Crippen LogP contribution in [0.2, 0.25) is 5.02 Å². The summed E-state index contributed by atoms with van der Waals surface area (Å²) in [6, 6.07) is 5.95. The van der Waals surface area contributed by atoms with Crippen molar-refractivity contribution in [2.75, 3.05) is 18.8 Å². The van der Waals surface area contributed by atoms with Gasteiger partial charge in [-0.1, -0.05) is 31.5 Å². The zero-order chi connectivity index (χ0) is 12.4. The van der Waals surface area contributed by atoms with Gasteiger partial charge in [-0.2, -0.15) is 0 Å². The highest BCUT2D eigenvalue weighted by Crippen LogP contribution is 2.26. The number of benzene rings is 1. The van der Waals surface area contributed by atoms with Crippen molar-refractivity contribution in [2.24, 2.45) is 11.8 Å². The fraction of sp³-hybridized carbons (Fsp3) is 0.571. The molecule has 2 N–H and O–H groups in total. The Morgan fingerprint density at radius 2 is 2.24 bits per heavy atom.